The average Bonchev–Trinajstić information content (AvgIpc) is 2.56. The van der Waals surface area contributed by atoms with E-state index in [1.165, 1.54) is 0 Å². The number of hydrogen-bond donors (Lipinski definition) is 0. The maximum absolute atomic E-state index is 9.16. The normalized spacial score (nSPS) is 10.2. The third-order valence-electron chi connectivity index (χ3n) is 3.22. The highest BCUT2D eigenvalue weighted by Gasteiger charge is 2.12. The van der Waals surface area contributed by atoms with Gasteiger partial charge in [0.2, 0.25) is 0 Å². The van der Waals surface area contributed by atoms with Gasteiger partial charge in [-0.3, -0.25) is 4.98 Å². The van der Waals surface area contributed by atoms with E-state index in [1.807, 2.05) is 6.07 Å². The zero-order chi connectivity index (χ0) is 15.5. The molecule has 3 rings (SSSR count). The summed E-state index contributed by atoms with van der Waals surface area (Å²) in [6, 6.07) is 14.5. The maximum Gasteiger partial charge on any atom is 0.149 e. The molecule has 1 heterocycles. The Hall–Kier alpha value is -2.77. The summed E-state index contributed by atoms with van der Waals surface area (Å²) in [4.78, 5) is 4.25. The van der Waals surface area contributed by atoms with Gasteiger partial charge in [-0.15, -0.1) is 0 Å². The fraction of sp³-hybridized carbons (Fsp3) is 0.0588. The van der Waals surface area contributed by atoms with Crippen molar-refractivity contribution < 1.29 is 9.47 Å². The molecule has 0 aliphatic rings. The Bertz CT molecular complexity index is 887. The monoisotopic (exact) mass is 310 g/mol. The molecule has 0 saturated heterocycles. The Morgan fingerprint density at radius 3 is 2.59 bits per heavy atom. The van der Waals surface area contributed by atoms with Crippen LogP contribution in [0.5, 0.6) is 17.2 Å². The maximum atomic E-state index is 9.16. The lowest BCUT2D eigenvalue weighted by molar-refractivity contribution is 0.409. The fourth-order valence-electron chi connectivity index (χ4n) is 2.18. The molecule has 108 valence electrons. The van der Waals surface area contributed by atoms with Crippen molar-refractivity contribution in [1.29, 1.82) is 5.26 Å². The largest absolute Gasteiger partial charge is 0.495 e. The van der Waals surface area contributed by atoms with E-state index in [0.29, 0.717) is 33.4 Å². The van der Waals surface area contributed by atoms with Crippen molar-refractivity contribution in [3.63, 3.8) is 0 Å². The lowest BCUT2D eigenvalue weighted by Crippen LogP contribution is -1.92. The van der Waals surface area contributed by atoms with E-state index in [0.717, 1.165) is 5.39 Å². The van der Waals surface area contributed by atoms with Gasteiger partial charge in [0.15, 0.2) is 0 Å². The second kappa shape index (κ2) is 5.92. The molecule has 22 heavy (non-hydrogen) atoms. The molecule has 0 radical (unpaired) electrons. The van der Waals surface area contributed by atoms with Crippen molar-refractivity contribution in [3.05, 3.63) is 59.2 Å². The highest BCUT2D eigenvalue weighted by molar-refractivity contribution is 6.33. The van der Waals surface area contributed by atoms with Crippen LogP contribution in [-0.4, -0.2) is 12.1 Å². The van der Waals surface area contributed by atoms with Crippen molar-refractivity contribution >= 4 is 22.5 Å². The first-order valence-electron chi connectivity index (χ1n) is 6.53. The highest BCUT2D eigenvalue weighted by Crippen LogP contribution is 2.38. The van der Waals surface area contributed by atoms with Gasteiger partial charge in [0, 0.05) is 11.6 Å². The van der Waals surface area contributed by atoms with Crippen LogP contribution in [0.2, 0.25) is 5.02 Å². The van der Waals surface area contributed by atoms with Crippen LogP contribution in [0, 0.1) is 11.3 Å². The Kier molecular flexibility index (Phi) is 3.82. The smallest absolute Gasteiger partial charge is 0.149 e. The van der Waals surface area contributed by atoms with Gasteiger partial charge in [-0.1, -0.05) is 23.7 Å². The van der Waals surface area contributed by atoms with Gasteiger partial charge in [-0.2, -0.15) is 5.26 Å². The van der Waals surface area contributed by atoms with E-state index in [1.54, 1.807) is 49.7 Å². The van der Waals surface area contributed by atoms with E-state index in [9.17, 15) is 0 Å². The predicted octanol–water partition coefficient (Wildman–Crippen LogP) is 4.56. The van der Waals surface area contributed by atoms with E-state index < -0.39 is 0 Å². The number of aromatic nitrogens is 1. The summed E-state index contributed by atoms with van der Waals surface area (Å²) in [6.45, 7) is 0. The molecule has 2 aromatic carbocycles. The summed E-state index contributed by atoms with van der Waals surface area (Å²) < 4.78 is 11.1. The van der Waals surface area contributed by atoms with Crippen molar-refractivity contribution in [2.24, 2.45) is 0 Å². The lowest BCUT2D eigenvalue weighted by atomic mass is 10.1. The number of pyridine rings is 1. The van der Waals surface area contributed by atoms with Crippen molar-refractivity contribution in [2.45, 2.75) is 0 Å². The van der Waals surface area contributed by atoms with Gasteiger partial charge in [0.25, 0.3) is 0 Å². The quantitative estimate of drug-likeness (QED) is 0.711. The van der Waals surface area contributed by atoms with Gasteiger partial charge in [0.05, 0.1) is 18.2 Å². The van der Waals surface area contributed by atoms with Crippen LogP contribution in [0.25, 0.3) is 10.9 Å². The van der Waals surface area contributed by atoms with Crippen LogP contribution in [0.15, 0.2) is 48.7 Å². The number of nitrogens with zero attached hydrogens (tertiary/aromatic N) is 2. The summed E-state index contributed by atoms with van der Waals surface area (Å²) in [5.74, 6) is 1.60. The molecule has 0 saturated carbocycles. The van der Waals surface area contributed by atoms with E-state index in [-0.39, 0.29) is 0 Å². The molecule has 0 amide bonds. The van der Waals surface area contributed by atoms with Gasteiger partial charge >= 0.3 is 0 Å². The summed E-state index contributed by atoms with van der Waals surface area (Å²) in [7, 11) is 1.55. The summed E-state index contributed by atoms with van der Waals surface area (Å²) in [5, 5.41) is 10.3. The highest BCUT2D eigenvalue weighted by atomic mass is 35.5. The molecular formula is C17H11ClN2O2. The molecule has 0 N–H and O–H groups in total. The fourth-order valence-corrected chi connectivity index (χ4v) is 2.42. The Morgan fingerprint density at radius 2 is 1.82 bits per heavy atom. The zero-order valence-corrected chi connectivity index (χ0v) is 12.5. The number of benzene rings is 2. The first kappa shape index (κ1) is 14.2. The standard InChI is InChI=1S/C17H11ClN2O2/c1-21-14-6-3-7-15(16(14)18)22-13-8-9-20-17-11(10-19)4-2-5-12(13)17/h2-9H,1H3. The SMILES string of the molecule is COc1cccc(Oc2ccnc3c(C#N)cccc23)c1Cl. The summed E-state index contributed by atoms with van der Waals surface area (Å²) in [6.07, 6.45) is 1.60. The number of rotatable bonds is 3. The third kappa shape index (κ3) is 2.43. The molecular weight excluding hydrogens is 300 g/mol. The zero-order valence-electron chi connectivity index (χ0n) is 11.7. The molecule has 0 unspecified atom stereocenters. The number of ether oxygens (including phenoxy) is 2. The lowest BCUT2D eigenvalue weighted by Gasteiger charge is -2.12. The number of hydrogen-bond acceptors (Lipinski definition) is 4. The van der Waals surface area contributed by atoms with Crippen LogP contribution >= 0.6 is 11.6 Å². The van der Waals surface area contributed by atoms with Crippen LogP contribution in [-0.2, 0) is 0 Å². The molecule has 0 spiro atoms. The molecule has 0 aliphatic carbocycles. The van der Waals surface area contributed by atoms with Gasteiger partial charge < -0.3 is 9.47 Å². The summed E-state index contributed by atoms with van der Waals surface area (Å²) >= 11 is 6.25. The molecule has 3 aromatic rings. The van der Waals surface area contributed by atoms with Gasteiger partial charge in [-0.05, 0) is 30.3 Å². The van der Waals surface area contributed by atoms with E-state index in [2.05, 4.69) is 11.1 Å². The van der Waals surface area contributed by atoms with Crippen LogP contribution < -0.4 is 9.47 Å². The molecule has 0 atom stereocenters. The van der Waals surface area contributed by atoms with Crippen LogP contribution in [0.4, 0.5) is 0 Å². The second-order valence-electron chi connectivity index (χ2n) is 4.50. The Morgan fingerprint density at radius 1 is 1.05 bits per heavy atom. The van der Waals surface area contributed by atoms with Gasteiger partial charge in [0.1, 0.15) is 28.3 Å². The molecule has 0 aliphatic heterocycles. The van der Waals surface area contributed by atoms with Crippen molar-refractivity contribution in [3.8, 4) is 23.3 Å². The average molecular weight is 311 g/mol. The second-order valence-corrected chi connectivity index (χ2v) is 4.88. The minimum atomic E-state index is 0.395. The topological polar surface area (TPSA) is 55.1 Å². The number of nitriles is 1. The summed E-state index contributed by atoms with van der Waals surface area (Å²) in [5.41, 5.74) is 1.10. The first-order valence-corrected chi connectivity index (χ1v) is 6.90. The predicted molar refractivity (Wildman–Crippen MR) is 84.5 cm³/mol. The molecule has 0 bridgehead atoms. The molecule has 1 aromatic heterocycles. The van der Waals surface area contributed by atoms with Crippen molar-refractivity contribution in [1.82, 2.24) is 4.98 Å². The minimum absolute atomic E-state index is 0.395. The molecule has 0 fully saturated rings. The first-order chi connectivity index (χ1) is 10.7. The Balaban J connectivity index is 2.11. The third-order valence-corrected chi connectivity index (χ3v) is 3.59. The number of para-hydroxylation sites is 1. The van der Waals surface area contributed by atoms with Crippen LogP contribution in [0.1, 0.15) is 5.56 Å². The molecule has 4 nitrogen and oxygen atoms in total. The Labute approximate surface area is 132 Å². The van der Waals surface area contributed by atoms with E-state index in [4.69, 9.17) is 26.3 Å². The number of methoxy groups -OCH3 is 1. The van der Waals surface area contributed by atoms with Crippen molar-refractivity contribution in [2.75, 3.05) is 7.11 Å². The number of fused-ring (bicyclic) bond motifs is 1. The van der Waals surface area contributed by atoms with Gasteiger partial charge in [-0.25, -0.2) is 0 Å². The molecule has 5 heteroatoms. The number of halogens is 1. The minimum Gasteiger partial charge on any atom is -0.495 e. The van der Waals surface area contributed by atoms with E-state index >= 15 is 0 Å². The van der Waals surface area contributed by atoms with Crippen LogP contribution in [0.3, 0.4) is 0 Å².